The maximum Gasteiger partial charge on any atom is 0.273 e. The van der Waals surface area contributed by atoms with E-state index in [1.165, 1.54) is 0 Å². The predicted molar refractivity (Wildman–Crippen MR) is 153 cm³/mol. The van der Waals surface area contributed by atoms with Crippen LogP contribution in [0.2, 0.25) is 0 Å². The van der Waals surface area contributed by atoms with Gasteiger partial charge in [0.05, 0.1) is 21.7 Å². The minimum absolute atomic E-state index is 0.110. The Morgan fingerprint density at radius 1 is 0.811 bits per heavy atom. The standard InChI is InChI=1S/C32H23BrN2O2/c1-21-29(35(36)37)18-17-28-30(21)26-19-25(33)20-27(31(26)34-28)32(22-11-5-2-6-12-22,23-13-7-3-8-14-23)24-15-9-4-10-16-24/h2-20,27H,1H3. The van der Waals surface area contributed by atoms with Crippen molar-refractivity contribution in [2.45, 2.75) is 12.3 Å². The molecule has 4 nitrogen and oxygen atoms in total. The van der Waals surface area contributed by atoms with Crippen LogP contribution in [0.15, 0.2) is 125 Å². The Balaban J connectivity index is 1.67. The highest BCUT2D eigenvalue weighted by Gasteiger charge is 2.48. The molecule has 4 aromatic rings. The lowest BCUT2D eigenvalue weighted by molar-refractivity contribution is -0.385. The third-order valence-corrected chi connectivity index (χ3v) is 7.95. The van der Waals surface area contributed by atoms with Crippen LogP contribution in [-0.4, -0.2) is 10.6 Å². The molecule has 0 saturated carbocycles. The lowest BCUT2D eigenvalue weighted by atomic mass is 9.59. The second-order valence-corrected chi connectivity index (χ2v) is 10.3. The molecule has 180 valence electrons. The number of nitro groups is 1. The van der Waals surface area contributed by atoms with Gasteiger partial charge in [-0.05, 0) is 35.8 Å². The molecule has 4 aromatic carbocycles. The Labute approximate surface area is 224 Å². The van der Waals surface area contributed by atoms with E-state index in [0.29, 0.717) is 5.56 Å². The fraction of sp³-hybridized carbons (Fsp3) is 0.0938. The number of hydrogen-bond acceptors (Lipinski definition) is 3. The summed E-state index contributed by atoms with van der Waals surface area (Å²) in [6.07, 6.45) is 4.27. The van der Waals surface area contributed by atoms with E-state index in [-0.39, 0.29) is 16.5 Å². The lowest BCUT2D eigenvalue weighted by Gasteiger charge is -2.43. The van der Waals surface area contributed by atoms with Crippen molar-refractivity contribution in [3.8, 4) is 0 Å². The maximum absolute atomic E-state index is 11.8. The highest BCUT2D eigenvalue weighted by atomic mass is 79.9. The van der Waals surface area contributed by atoms with Gasteiger partial charge in [0.15, 0.2) is 0 Å². The van der Waals surface area contributed by atoms with Crippen LogP contribution in [0, 0.1) is 23.0 Å². The summed E-state index contributed by atoms with van der Waals surface area (Å²) in [5.41, 5.74) is 7.06. The van der Waals surface area contributed by atoms with Gasteiger partial charge in [0.1, 0.15) is 0 Å². The smallest absolute Gasteiger partial charge is 0.258 e. The van der Waals surface area contributed by atoms with Crippen molar-refractivity contribution in [2.24, 2.45) is 10.9 Å². The number of aliphatic imine (C=N–C) groups is 1. The molecule has 0 radical (unpaired) electrons. The molecule has 0 aromatic heterocycles. The van der Waals surface area contributed by atoms with Gasteiger partial charge >= 0.3 is 0 Å². The normalized spacial score (nSPS) is 16.3. The van der Waals surface area contributed by atoms with E-state index < -0.39 is 5.41 Å². The van der Waals surface area contributed by atoms with Crippen LogP contribution in [0.5, 0.6) is 0 Å². The van der Waals surface area contributed by atoms with Gasteiger partial charge < -0.3 is 0 Å². The van der Waals surface area contributed by atoms with E-state index in [9.17, 15) is 10.1 Å². The molecule has 1 unspecified atom stereocenters. The first-order valence-electron chi connectivity index (χ1n) is 12.1. The third kappa shape index (κ3) is 3.61. The molecule has 1 heterocycles. The summed E-state index contributed by atoms with van der Waals surface area (Å²) in [6.45, 7) is 1.82. The number of halogens is 1. The molecule has 37 heavy (non-hydrogen) atoms. The summed E-state index contributed by atoms with van der Waals surface area (Å²) in [7, 11) is 0. The van der Waals surface area contributed by atoms with Crippen molar-refractivity contribution >= 4 is 38.6 Å². The third-order valence-electron chi connectivity index (χ3n) is 7.45. The van der Waals surface area contributed by atoms with E-state index in [1.54, 1.807) is 12.1 Å². The fourth-order valence-electron chi connectivity index (χ4n) is 5.91. The summed E-state index contributed by atoms with van der Waals surface area (Å²) in [5, 5.41) is 11.8. The summed E-state index contributed by atoms with van der Waals surface area (Å²) in [6, 6.07) is 35.0. The van der Waals surface area contributed by atoms with E-state index >= 15 is 0 Å². The SMILES string of the molecule is Cc1c([N+](=O)[O-])ccc2c1C1=CC(Br)=CC(C(c3ccccc3)(c3ccccc3)c3ccccc3)C1=N2. The van der Waals surface area contributed by atoms with Gasteiger partial charge in [0, 0.05) is 33.2 Å². The summed E-state index contributed by atoms with van der Waals surface area (Å²) < 4.78 is 0.928. The van der Waals surface area contributed by atoms with Crippen LogP contribution in [0.3, 0.4) is 0 Å². The van der Waals surface area contributed by atoms with Gasteiger partial charge in [-0.1, -0.05) is 113 Å². The first-order chi connectivity index (χ1) is 18.0. The topological polar surface area (TPSA) is 55.5 Å². The number of nitrogens with zero attached hydrogens (tertiary/aromatic N) is 2. The molecular weight excluding hydrogens is 524 g/mol. The molecule has 0 spiro atoms. The van der Waals surface area contributed by atoms with Crippen LogP contribution in [-0.2, 0) is 5.41 Å². The first-order valence-corrected chi connectivity index (χ1v) is 12.9. The molecule has 0 amide bonds. The zero-order valence-electron chi connectivity index (χ0n) is 20.1. The van der Waals surface area contributed by atoms with Crippen molar-refractivity contribution in [3.05, 3.63) is 158 Å². The quantitative estimate of drug-likeness (QED) is 0.143. The molecule has 2 aliphatic rings. The molecule has 6 rings (SSSR count). The molecule has 1 atom stereocenters. The van der Waals surface area contributed by atoms with E-state index in [1.807, 2.05) is 31.2 Å². The number of hydrogen-bond donors (Lipinski definition) is 0. The first kappa shape index (κ1) is 23.3. The maximum atomic E-state index is 11.8. The summed E-state index contributed by atoms with van der Waals surface area (Å²) >= 11 is 3.80. The second kappa shape index (κ2) is 9.09. The van der Waals surface area contributed by atoms with Gasteiger partial charge in [-0.3, -0.25) is 15.1 Å². The molecule has 0 N–H and O–H groups in total. The van der Waals surface area contributed by atoms with Crippen molar-refractivity contribution in [3.63, 3.8) is 0 Å². The number of allylic oxidation sites excluding steroid dienone is 4. The minimum atomic E-state index is -0.594. The van der Waals surface area contributed by atoms with Crippen LogP contribution >= 0.6 is 15.9 Å². The van der Waals surface area contributed by atoms with Gasteiger partial charge in [-0.25, -0.2) is 0 Å². The Bertz CT molecular complexity index is 1510. The largest absolute Gasteiger partial charge is 0.273 e. The van der Waals surface area contributed by atoms with Gasteiger partial charge in [0.25, 0.3) is 5.69 Å². The second-order valence-electron chi connectivity index (χ2n) is 9.35. The molecule has 5 heteroatoms. The van der Waals surface area contributed by atoms with Crippen molar-refractivity contribution in [1.29, 1.82) is 0 Å². The molecule has 0 fully saturated rings. The highest BCUT2D eigenvalue weighted by Crippen LogP contribution is 2.53. The number of nitro benzene ring substituents is 1. The Hall–Kier alpha value is -4.09. The predicted octanol–water partition coefficient (Wildman–Crippen LogP) is 8.32. The van der Waals surface area contributed by atoms with Crippen molar-refractivity contribution in [2.75, 3.05) is 0 Å². The number of benzene rings is 4. The summed E-state index contributed by atoms with van der Waals surface area (Å²) in [4.78, 5) is 16.6. The average molecular weight is 547 g/mol. The number of rotatable bonds is 5. The van der Waals surface area contributed by atoms with Gasteiger partial charge in [0.2, 0.25) is 0 Å². The van der Waals surface area contributed by atoms with Gasteiger partial charge in [-0.15, -0.1) is 0 Å². The number of fused-ring (bicyclic) bond motifs is 3. The summed E-state index contributed by atoms with van der Waals surface area (Å²) in [5.74, 6) is -0.181. The Morgan fingerprint density at radius 2 is 1.32 bits per heavy atom. The van der Waals surface area contributed by atoms with E-state index in [2.05, 4.69) is 94.8 Å². The lowest BCUT2D eigenvalue weighted by Crippen LogP contribution is -2.42. The van der Waals surface area contributed by atoms with Crippen LogP contribution in [0.1, 0.15) is 27.8 Å². The molecule has 1 aliphatic carbocycles. The zero-order valence-corrected chi connectivity index (χ0v) is 21.7. The van der Waals surface area contributed by atoms with Crippen molar-refractivity contribution in [1.82, 2.24) is 0 Å². The molecule has 0 saturated heterocycles. The highest BCUT2D eigenvalue weighted by molar-refractivity contribution is 9.11. The zero-order chi connectivity index (χ0) is 25.6. The molecular formula is C32H23BrN2O2. The fourth-order valence-corrected chi connectivity index (χ4v) is 6.41. The van der Waals surface area contributed by atoms with Crippen LogP contribution in [0.4, 0.5) is 11.4 Å². The van der Waals surface area contributed by atoms with Crippen LogP contribution in [0.25, 0.3) is 5.57 Å². The molecule has 1 aliphatic heterocycles. The Morgan fingerprint density at radius 3 is 1.81 bits per heavy atom. The average Bonchev–Trinajstić information content (AvgIpc) is 3.30. The Kier molecular flexibility index (Phi) is 5.73. The van der Waals surface area contributed by atoms with Gasteiger partial charge in [-0.2, -0.15) is 0 Å². The molecule has 0 bridgehead atoms. The van der Waals surface area contributed by atoms with Crippen LogP contribution < -0.4 is 0 Å². The monoisotopic (exact) mass is 546 g/mol. The minimum Gasteiger partial charge on any atom is -0.258 e. The van der Waals surface area contributed by atoms with E-state index in [4.69, 9.17) is 4.99 Å². The van der Waals surface area contributed by atoms with E-state index in [0.717, 1.165) is 43.7 Å². The van der Waals surface area contributed by atoms with Crippen molar-refractivity contribution < 1.29 is 4.92 Å².